The first-order valence-electron chi connectivity index (χ1n) is 9.63. The molecule has 0 bridgehead atoms. The third kappa shape index (κ3) is 4.10. The van der Waals surface area contributed by atoms with E-state index in [0.717, 1.165) is 16.7 Å². The number of aromatic nitrogens is 2. The van der Waals surface area contributed by atoms with Gasteiger partial charge in [-0.15, -0.1) is 0 Å². The standard InChI is InChI=1S/C22H22N4O4S/c1-14-15(2)25-30-21(14)26-31(27,28)20-7-5-4-6-19(20)18-9-8-16(12-17(18)13-23-3)22-24-10-11-29-22/h4-12,23,26H,13H2,1-3H3. The fraction of sp³-hybridized carbons (Fsp3) is 0.182. The van der Waals surface area contributed by atoms with Crippen molar-refractivity contribution in [3.63, 3.8) is 0 Å². The first kappa shape index (κ1) is 20.8. The van der Waals surface area contributed by atoms with Gasteiger partial charge in [0, 0.05) is 23.2 Å². The number of aryl methyl sites for hydroxylation is 1. The summed E-state index contributed by atoms with van der Waals surface area (Å²) in [7, 11) is -2.09. The van der Waals surface area contributed by atoms with E-state index in [1.165, 1.54) is 6.26 Å². The van der Waals surface area contributed by atoms with Crippen LogP contribution in [0.3, 0.4) is 0 Å². The van der Waals surface area contributed by atoms with Gasteiger partial charge in [0.25, 0.3) is 10.0 Å². The summed E-state index contributed by atoms with van der Waals surface area (Å²) in [6.07, 6.45) is 3.10. The fourth-order valence-corrected chi connectivity index (χ4v) is 4.57. The highest BCUT2D eigenvalue weighted by Crippen LogP contribution is 2.34. The number of anilines is 1. The summed E-state index contributed by atoms with van der Waals surface area (Å²) in [5.74, 6) is 0.615. The van der Waals surface area contributed by atoms with E-state index in [-0.39, 0.29) is 10.8 Å². The minimum absolute atomic E-state index is 0.113. The SMILES string of the molecule is CNCc1cc(-c2ncco2)ccc1-c1ccccc1S(=O)(=O)Nc1onc(C)c1C. The van der Waals surface area contributed by atoms with E-state index in [0.29, 0.717) is 29.3 Å². The second kappa shape index (κ2) is 8.37. The van der Waals surface area contributed by atoms with Gasteiger partial charge in [0.1, 0.15) is 6.26 Å². The molecule has 4 aromatic rings. The predicted molar refractivity (Wildman–Crippen MR) is 117 cm³/mol. The first-order valence-corrected chi connectivity index (χ1v) is 11.1. The highest BCUT2D eigenvalue weighted by Gasteiger charge is 2.24. The lowest BCUT2D eigenvalue weighted by Gasteiger charge is -2.15. The number of hydrogen-bond acceptors (Lipinski definition) is 7. The predicted octanol–water partition coefficient (Wildman–Crippen LogP) is 4.13. The van der Waals surface area contributed by atoms with Gasteiger partial charge in [0.15, 0.2) is 0 Å². The lowest BCUT2D eigenvalue weighted by Crippen LogP contribution is -2.15. The number of benzene rings is 2. The zero-order chi connectivity index (χ0) is 22.0. The molecule has 2 aromatic carbocycles. The Labute approximate surface area is 180 Å². The molecular weight excluding hydrogens is 416 g/mol. The van der Waals surface area contributed by atoms with Crippen LogP contribution >= 0.6 is 0 Å². The van der Waals surface area contributed by atoms with Gasteiger partial charge >= 0.3 is 0 Å². The molecule has 2 N–H and O–H groups in total. The van der Waals surface area contributed by atoms with Crippen molar-refractivity contribution >= 4 is 15.9 Å². The Morgan fingerprint density at radius 1 is 1.06 bits per heavy atom. The monoisotopic (exact) mass is 438 g/mol. The summed E-state index contributed by atoms with van der Waals surface area (Å²) in [5.41, 5.74) is 4.36. The van der Waals surface area contributed by atoms with Crippen molar-refractivity contribution in [2.24, 2.45) is 0 Å². The smallest absolute Gasteiger partial charge is 0.264 e. The number of nitrogens with one attached hydrogen (secondary N) is 2. The molecule has 0 aliphatic carbocycles. The summed E-state index contributed by atoms with van der Waals surface area (Å²) < 4.78 is 39.6. The molecule has 0 fully saturated rings. The van der Waals surface area contributed by atoms with Crippen molar-refractivity contribution < 1.29 is 17.4 Å². The Balaban J connectivity index is 1.80. The maximum Gasteiger partial charge on any atom is 0.264 e. The Hall–Kier alpha value is -3.43. The molecule has 0 saturated heterocycles. The van der Waals surface area contributed by atoms with Gasteiger partial charge in [-0.3, -0.25) is 0 Å². The molecule has 2 heterocycles. The molecule has 0 aliphatic rings. The summed E-state index contributed by atoms with van der Waals surface area (Å²) in [6, 6.07) is 12.5. The summed E-state index contributed by atoms with van der Waals surface area (Å²) in [4.78, 5) is 4.34. The second-order valence-corrected chi connectivity index (χ2v) is 8.71. The zero-order valence-electron chi connectivity index (χ0n) is 17.3. The van der Waals surface area contributed by atoms with Gasteiger partial charge in [-0.1, -0.05) is 29.4 Å². The van der Waals surface area contributed by atoms with Crippen LogP contribution in [0.2, 0.25) is 0 Å². The maximum absolute atomic E-state index is 13.2. The van der Waals surface area contributed by atoms with Gasteiger partial charge < -0.3 is 14.3 Å². The molecule has 0 unspecified atom stereocenters. The molecule has 9 heteroatoms. The van der Waals surface area contributed by atoms with Crippen molar-refractivity contribution in [2.45, 2.75) is 25.3 Å². The van der Waals surface area contributed by atoms with Gasteiger partial charge in [0.2, 0.25) is 11.8 Å². The van der Waals surface area contributed by atoms with Gasteiger partial charge in [-0.25, -0.2) is 18.1 Å². The van der Waals surface area contributed by atoms with E-state index in [1.807, 2.05) is 31.3 Å². The summed E-state index contributed by atoms with van der Waals surface area (Å²) in [5, 5.41) is 6.96. The third-order valence-corrected chi connectivity index (χ3v) is 6.39. The Bertz CT molecular complexity index is 1310. The van der Waals surface area contributed by atoms with E-state index in [2.05, 4.69) is 20.2 Å². The van der Waals surface area contributed by atoms with E-state index in [9.17, 15) is 8.42 Å². The Kier molecular flexibility index (Phi) is 5.62. The number of rotatable bonds is 7. The van der Waals surface area contributed by atoms with Crippen molar-refractivity contribution in [1.82, 2.24) is 15.5 Å². The van der Waals surface area contributed by atoms with Crippen LogP contribution in [-0.2, 0) is 16.6 Å². The van der Waals surface area contributed by atoms with Crippen LogP contribution in [0.25, 0.3) is 22.6 Å². The average Bonchev–Trinajstić information content (AvgIpc) is 3.40. The molecule has 0 saturated carbocycles. The van der Waals surface area contributed by atoms with Crippen molar-refractivity contribution in [2.75, 3.05) is 11.8 Å². The molecule has 2 aromatic heterocycles. The topological polar surface area (TPSA) is 110 Å². The molecule has 160 valence electrons. The minimum Gasteiger partial charge on any atom is -0.445 e. The van der Waals surface area contributed by atoms with Crippen molar-refractivity contribution in [1.29, 1.82) is 0 Å². The number of nitrogens with zero attached hydrogens (tertiary/aromatic N) is 2. The number of oxazole rings is 1. The molecule has 8 nitrogen and oxygen atoms in total. The van der Waals surface area contributed by atoms with Crippen LogP contribution < -0.4 is 10.0 Å². The quantitative estimate of drug-likeness (QED) is 0.446. The van der Waals surface area contributed by atoms with E-state index in [1.54, 1.807) is 38.2 Å². The lowest BCUT2D eigenvalue weighted by atomic mass is 9.97. The molecule has 0 amide bonds. The number of hydrogen-bond donors (Lipinski definition) is 2. The molecular formula is C22H22N4O4S. The molecule has 0 radical (unpaired) electrons. The fourth-order valence-electron chi connectivity index (χ4n) is 3.30. The van der Waals surface area contributed by atoms with E-state index in [4.69, 9.17) is 8.94 Å². The molecule has 0 spiro atoms. The first-order chi connectivity index (χ1) is 14.9. The van der Waals surface area contributed by atoms with Crippen LogP contribution in [0.5, 0.6) is 0 Å². The lowest BCUT2D eigenvalue weighted by molar-refractivity contribution is 0.430. The maximum atomic E-state index is 13.2. The highest BCUT2D eigenvalue weighted by atomic mass is 32.2. The molecule has 31 heavy (non-hydrogen) atoms. The zero-order valence-corrected chi connectivity index (χ0v) is 18.2. The van der Waals surface area contributed by atoms with Crippen LogP contribution in [-0.4, -0.2) is 25.6 Å². The Morgan fingerprint density at radius 3 is 2.55 bits per heavy atom. The third-order valence-electron chi connectivity index (χ3n) is 5.00. The Morgan fingerprint density at radius 2 is 1.87 bits per heavy atom. The van der Waals surface area contributed by atoms with E-state index >= 15 is 0 Å². The van der Waals surface area contributed by atoms with Crippen molar-refractivity contribution in [3.05, 3.63) is 71.7 Å². The largest absolute Gasteiger partial charge is 0.445 e. The van der Waals surface area contributed by atoms with Gasteiger partial charge in [-0.05, 0) is 50.2 Å². The normalized spacial score (nSPS) is 11.6. The van der Waals surface area contributed by atoms with Crippen LogP contribution in [0.1, 0.15) is 16.8 Å². The van der Waals surface area contributed by atoms with Gasteiger partial charge in [-0.2, -0.15) is 0 Å². The van der Waals surface area contributed by atoms with Crippen LogP contribution in [0.4, 0.5) is 5.88 Å². The average molecular weight is 439 g/mol. The second-order valence-electron chi connectivity index (χ2n) is 7.06. The van der Waals surface area contributed by atoms with Crippen molar-refractivity contribution in [3.8, 4) is 22.6 Å². The number of sulfonamides is 1. The highest BCUT2D eigenvalue weighted by molar-refractivity contribution is 7.92. The summed E-state index contributed by atoms with van der Waals surface area (Å²) in [6.45, 7) is 4.04. The van der Waals surface area contributed by atoms with Crippen LogP contribution in [0, 0.1) is 13.8 Å². The summed E-state index contributed by atoms with van der Waals surface area (Å²) >= 11 is 0. The van der Waals surface area contributed by atoms with E-state index < -0.39 is 10.0 Å². The minimum atomic E-state index is -3.92. The molecule has 0 atom stereocenters. The van der Waals surface area contributed by atoms with Gasteiger partial charge in [0.05, 0.1) is 16.8 Å². The molecule has 0 aliphatic heterocycles. The van der Waals surface area contributed by atoms with Crippen LogP contribution in [0.15, 0.2) is 68.8 Å². The molecule has 4 rings (SSSR count).